The van der Waals surface area contributed by atoms with Crippen LogP contribution in [-0.4, -0.2) is 25.6 Å². The van der Waals surface area contributed by atoms with Crippen molar-refractivity contribution in [2.24, 2.45) is 0 Å². The molecule has 34 heavy (non-hydrogen) atoms. The first-order chi connectivity index (χ1) is 16.6. The average Bonchev–Trinajstić information content (AvgIpc) is 3.57. The molecule has 0 spiro atoms. The van der Waals surface area contributed by atoms with Gasteiger partial charge in [0.15, 0.2) is 5.11 Å². The molecule has 1 N–H and O–H groups in total. The normalized spacial score (nSPS) is 20.9. The summed E-state index contributed by atoms with van der Waals surface area (Å²) in [5, 5.41) is 7.05. The number of pyridine rings is 1. The lowest BCUT2D eigenvalue weighted by atomic mass is 9.95. The largest absolute Gasteiger partial charge is 0.352 e. The maximum atomic E-state index is 5.95. The van der Waals surface area contributed by atoms with Crippen molar-refractivity contribution in [3.63, 3.8) is 0 Å². The summed E-state index contributed by atoms with van der Waals surface area (Å²) >= 11 is 5.95. The zero-order valence-electron chi connectivity index (χ0n) is 19.7. The Morgan fingerprint density at radius 3 is 2.50 bits per heavy atom. The second-order valence-electron chi connectivity index (χ2n) is 9.63. The van der Waals surface area contributed by atoms with Crippen LogP contribution in [0.5, 0.6) is 0 Å². The molecule has 5 heteroatoms. The average molecular weight is 467 g/mol. The number of aryl methyl sites for hydroxylation is 1. The summed E-state index contributed by atoms with van der Waals surface area (Å²) in [5.41, 5.74) is 6.13. The van der Waals surface area contributed by atoms with Crippen molar-refractivity contribution in [3.8, 4) is 5.69 Å². The van der Waals surface area contributed by atoms with Gasteiger partial charge in [0.25, 0.3) is 0 Å². The molecule has 4 aromatic rings. The zero-order valence-corrected chi connectivity index (χ0v) is 20.6. The number of fused-ring (bicyclic) bond motifs is 1. The summed E-state index contributed by atoms with van der Waals surface area (Å²) in [4.78, 5) is 7.23. The van der Waals surface area contributed by atoms with Crippen LogP contribution in [0.1, 0.15) is 60.4 Å². The van der Waals surface area contributed by atoms with E-state index in [1.807, 2.05) is 12.3 Å². The quantitative estimate of drug-likeness (QED) is 0.345. The second kappa shape index (κ2) is 8.55. The van der Waals surface area contributed by atoms with E-state index in [1.165, 1.54) is 59.1 Å². The van der Waals surface area contributed by atoms with E-state index >= 15 is 0 Å². The van der Waals surface area contributed by atoms with E-state index in [2.05, 4.69) is 89.3 Å². The van der Waals surface area contributed by atoms with Crippen LogP contribution in [0, 0.1) is 13.8 Å². The molecular weight excluding hydrogens is 436 g/mol. The Hall–Kier alpha value is -3.18. The van der Waals surface area contributed by atoms with Crippen LogP contribution in [0.3, 0.4) is 0 Å². The van der Waals surface area contributed by atoms with Gasteiger partial charge in [0.1, 0.15) is 0 Å². The van der Waals surface area contributed by atoms with Crippen molar-refractivity contribution in [2.75, 3.05) is 0 Å². The van der Waals surface area contributed by atoms with Gasteiger partial charge in [-0.2, -0.15) is 0 Å². The number of thiocarbonyl (C=S) groups is 1. The van der Waals surface area contributed by atoms with Gasteiger partial charge in [0.05, 0.1) is 23.5 Å². The van der Waals surface area contributed by atoms with Gasteiger partial charge < -0.3 is 14.8 Å². The fraction of sp³-hybridized carbons (Fsp3) is 0.310. The lowest BCUT2D eigenvalue weighted by Crippen LogP contribution is -2.37. The standard InChI is InChI=1S/C29H30N4S/c1-19-18-24(20(2)32(19)26-16-9-11-21-10-3-6-14-23(21)26)28-27(25-15-7-8-17-30-25)31-29(34)33(28)22-12-4-5-13-22/h3,6-11,14-18,22,27-28H,4-5,12-13H2,1-2H3,(H,31,34)/t27-,28-/m0/s1. The summed E-state index contributed by atoms with van der Waals surface area (Å²) in [6.45, 7) is 4.47. The number of nitrogens with one attached hydrogen (secondary N) is 1. The fourth-order valence-electron chi connectivity index (χ4n) is 6.13. The Balaban J connectivity index is 1.52. The van der Waals surface area contributed by atoms with Gasteiger partial charge in [-0.3, -0.25) is 4.98 Å². The molecule has 1 aliphatic heterocycles. The lowest BCUT2D eigenvalue weighted by Gasteiger charge is -2.33. The maximum absolute atomic E-state index is 5.95. The fourth-order valence-corrected chi connectivity index (χ4v) is 6.52. The molecular formula is C29H30N4S. The van der Waals surface area contributed by atoms with E-state index in [-0.39, 0.29) is 12.1 Å². The van der Waals surface area contributed by atoms with E-state index in [9.17, 15) is 0 Å². The summed E-state index contributed by atoms with van der Waals surface area (Å²) in [6.07, 6.45) is 6.85. The molecule has 1 aliphatic carbocycles. The highest BCUT2D eigenvalue weighted by Gasteiger charge is 2.44. The highest BCUT2D eigenvalue weighted by molar-refractivity contribution is 7.80. The summed E-state index contributed by atoms with van der Waals surface area (Å²) in [5.74, 6) is 0. The first kappa shape index (κ1) is 21.4. The van der Waals surface area contributed by atoms with Crippen LogP contribution < -0.4 is 5.32 Å². The molecule has 3 heterocycles. The van der Waals surface area contributed by atoms with Crippen molar-refractivity contribution >= 4 is 28.1 Å². The Morgan fingerprint density at radius 1 is 0.941 bits per heavy atom. The molecule has 2 fully saturated rings. The molecule has 4 nitrogen and oxygen atoms in total. The summed E-state index contributed by atoms with van der Waals surface area (Å²) in [7, 11) is 0. The van der Waals surface area contributed by atoms with E-state index in [1.54, 1.807) is 0 Å². The van der Waals surface area contributed by atoms with Crippen molar-refractivity contribution in [3.05, 3.63) is 95.6 Å². The van der Waals surface area contributed by atoms with Gasteiger partial charge in [-0.15, -0.1) is 0 Å². The Bertz CT molecular complexity index is 1350. The van der Waals surface area contributed by atoms with Gasteiger partial charge in [0.2, 0.25) is 0 Å². The molecule has 2 aromatic heterocycles. The van der Waals surface area contributed by atoms with Crippen LogP contribution in [0.15, 0.2) is 72.9 Å². The van der Waals surface area contributed by atoms with E-state index < -0.39 is 0 Å². The predicted octanol–water partition coefficient (Wildman–Crippen LogP) is 6.56. The van der Waals surface area contributed by atoms with Gasteiger partial charge in [-0.05, 0) is 74.1 Å². The first-order valence-corrected chi connectivity index (χ1v) is 12.7. The van der Waals surface area contributed by atoms with Crippen molar-refractivity contribution in [1.82, 2.24) is 19.8 Å². The third-order valence-electron chi connectivity index (χ3n) is 7.65. The minimum atomic E-state index is 0.0377. The highest BCUT2D eigenvalue weighted by atomic mass is 32.1. The Morgan fingerprint density at radius 2 is 1.71 bits per heavy atom. The smallest absolute Gasteiger partial charge is 0.170 e. The van der Waals surface area contributed by atoms with Crippen LogP contribution >= 0.6 is 12.2 Å². The van der Waals surface area contributed by atoms with Crippen molar-refractivity contribution in [2.45, 2.75) is 57.7 Å². The molecule has 2 aromatic carbocycles. The van der Waals surface area contributed by atoms with E-state index in [0.29, 0.717) is 6.04 Å². The molecule has 0 unspecified atom stereocenters. The Kier molecular flexibility index (Phi) is 5.37. The maximum Gasteiger partial charge on any atom is 0.170 e. The van der Waals surface area contributed by atoms with Crippen molar-refractivity contribution < 1.29 is 0 Å². The van der Waals surface area contributed by atoms with Gasteiger partial charge in [-0.1, -0.05) is 55.3 Å². The molecule has 6 rings (SSSR count). The molecule has 2 aliphatic rings. The van der Waals surface area contributed by atoms with Gasteiger partial charge in [0, 0.05) is 29.0 Å². The second-order valence-corrected chi connectivity index (χ2v) is 10.0. The number of nitrogens with zero attached hydrogens (tertiary/aromatic N) is 3. The van der Waals surface area contributed by atoms with Gasteiger partial charge >= 0.3 is 0 Å². The molecule has 0 amide bonds. The molecule has 2 atom stereocenters. The lowest BCUT2D eigenvalue weighted by molar-refractivity contribution is 0.245. The Labute approximate surface area is 206 Å². The zero-order chi connectivity index (χ0) is 23.2. The molecule has 1 saturated heterocycles. The van der Waals surface area contributed by atoms with Crippen LogP contribution in [0.2, 0.25) is 0 Å². The number of hydrogen-bond acceptors (Lipinski definition) is 2. The summed E-state index contributed by atoms with van der Waals surface area (Å²) in [6, 6.07) is 24.4. The third-order valence-corrected chi connectivity index (χ3v) is 7.98. The van der Waals surface area contributed by atoms with Crippen molar-refractivity contribution in [1.29, 1.82) is 0 Å². The topological polar surface area (TPSA) is 33.1 Å². The first-order valence-electron chi connectivity index (χ1n) is 12.3. The SMILES string of the molecule is Cc1cc([C@H]2[C@H](c3ccccn3)NC(=S)N2C2CCCC2)c(C)n1-c1cccc2ccccc12. The minimum absolute atomic E-state index is 0.0377. The minimum Gasteiger partial charge on any atom is -0.352 e. The third kappa shape index (κ3) is 3.41. The molecule has 1 saturated carbocycles. The number of hydrogen-bond donors (Lipinski definition) is 1. The molecule has 172 valence electrons. The molecule has 0 radical (unpaired) electrons. The van der Waals surface area contributed by atoms with Crippen LogP contribution in [0.4, 0.5) is 0 Å². The number of benzene rings is 2. The predicted molar refractivity (Wildman–Crippen MR) is 142 cm³/mol. The van der Waals surface area contributed by atoms with Crippen LogP contribution in [-0.2, 0) is 0 Å². The van der Waals surface area contributed by atoms with Crippen LogP contribution in [0.25, 0.3) is 16.5 Å². The monoisotopic (exact) mass is 466 g/mol. The van der Waals surface area contributed by atoms with E-state index in [4.69, 9.17) is 17.2 Å². The molecule has 0 bridgehead atoms. The summed E-state index contributed by atoms with van der Waals surface area (Å²) < 4.78 is 2.42. The number of aromatic nitrogens is 2. The van der Waals surface area contributed by atoms with E-state index in [0.717, 1.165) is 10.8 Å². The highest BCUT2D eigenvalue weighted by Crippen LogP contribution is 2.45. The van der Waals surface area contributed by atoms with Gasteiger partial charge in [-0.25, -0.2) is 0 Å². The number of rotatable bonds is 4.